The lowest BCUT2D eigenvalue weighted by atomic mass is 10.1. The number of hydrogen-bond acceptors (Lipinski definition) is 4. The van der Waals surface area contributed by atoms with E-state index in [1.54, 1.807) is 36.5 Å². The number of nitrogens with one attached hydrogen (secondary N) is 1. The molecule has 0 saturated heterocycles. The Morgan fingerprint density at radius 2 is 1.74 bits per heavy atom. The van der Waals surface area contributed by atoms with Crippen LogP contribution in [0.15, 0.2) is 54.7 Å². The van der Waals surface area contributed by atoms with Gasteiger partial charge in [-0.3, -0.25) is 24.3 Å². The van der Waals surface area contributed by atoms with E-state index in [0.717, 1.165) is 21.4 Å². The van der Waals surface area contributed by atoms with Gasteiger partial charge in [-0.25, -0.2) is 0 Å². The van der Waals surface area contributed by atoms with Gasteiger partial charge in [0.1, 0.15) is 0 Å². The van der Waals surface area contributed by atoms with Gasteiger partial charge in [-0.05, 0) is 37.3 Å². The molecule has 27 heavy (non-hydrogen) atoms. The van der Waals surface area contributed by atoms with Crippen LogP contribution in [0.4, 0.5) is 5.69 Å². The summed E-state index contributed by atoms with van der Waals surface area (Å²) in [6.45, 7) is 2.01. The Hall–Kier alpha value is -3.54. The number of hydrogen-bond donors (Lipinski definition) is 1. The van der Waals surface area contributed by atoms with Crippen LogP contribution >= 0.6 is 0 Å². The molecule has 0 atom stereocenters. The van der Waals surface area contributed by atoms with Crippen LogP contribution in [0.5, 0.6) is 0 Å². The van der Waals surface area contributed by atoms with E-state index in [-0.39, 0.29) is 30.7 Å². The molecule has 0 unspecified atom stereocenters. The second kappa shape index (κ2) is 6.64. The molecule has 3 amide bonds. The number of anilines is 1. The number of amides is 3. The third-order valence-electron chi connectivity index (χ3n) is 4.61. The number of nitrogens with zero attached hydrogens (tertiary/aromatic N) is 2. The number of rotatable bonds is 4. The first-order chi connectivity index (χ1) is 13.0. The van der Waals surface area contributed by atoms with E-state index >= 15 is 0 Å². The molecule has 0 fully saturated rings. The normalized spacial score (nSPS) is 13.1. The van der Waals surface area contributed by atoms with Crippen molar-refractivity contribution in [1.82, 2.24) is 9.88 Å². The zero-order chi connectivity index (χ0) is 19.0. The molecule has 0 saturated carbocycles. The molecule has 1 N–H and O–H groups in total. The van der Waals surface area contributed by atoms with Crippen LogP contribution in [0.2, 0.25) is 0 Å². The minimum absolute atomic E-state index is 0.0289. The van der Waals surface area contributed by atoms with E-state index in [9.17, 15) is 14.4 Å². The first-order valence-electron chi connectivity index (χ1n) is 8.65. The van der Waals surface area contributed by atoms with Crippen LogP contribution in [0.3, 0.4) is 0 Å². The predicted octanol–water partition coefficient (Wildman–Crippen LogP) is 3.17. The van der Waals surface area contributed by atoms with Crippen LogP contribution in [-0.4, -0.2) is 34.2 Å². The van der Waals surface area contributed by atoms with Crippen molar-refractivity contribution in [2.45, 2.75) is 13.3 Å². The Morgan fingerprint density at radius 1 is 1.04 bits per heavy atom. The fourth-order valence-corrected chi connectivity index (χ4v) is 3.24. The summed E-state index contributed by atoms with van der Waals surface area (Å²) in [4.78, 5) is 42.5. The van der Waals surface area contributed by atoms with E-state index in [4.69, 9.17) is 0 Å². The van der Waals surface area contributed by atoms with Crippen LogP contribution in [0.25, 0.3) is 10.9 Å². The van der Waals surface area contributed by atoms with Gasteiger partial charge in [0.05, 0.1) is 22.3 Å². The van der Waals surface area contributed by atoms with Crippen molar-refractivity contribution in [2.75, 3.05) is 11.9 Å². The zero-order valence-electron chi connectivity index (χ0n) is 14.7. The first kappa shape index (κ1) is 16.9. The Bertz CT molecular complexity index is 1060. The molecule has 134 valence electrons. The van der Waals surface area contributed by atoms with Gasteiger partial charge in [0.2, 0.25) is 5.91 Å². The summed E-state index contributed by atoms with van der Waals surface area (Å²) in [5, 5.41) is 3.71. The quantitative estimate of drug-likeness (QED) is 0.726. The van der Waals surface area contributed by atoms with Crippen LogP contribution in [-0.2, 0) is 4.79 Å². The summed E-state index contributed by atoms with van der Waals surface area (Å²) in [6.07, 6.45) is 1.67. The van der Waals surface area contributed by atoms with Gasteiger partial charge in [-0.15, -0.1) is 0 Å². The molecule has 3 aromatic rings. The molecule has 6 heteroatoms. The van der Waals surface area contributed by atoms with Gasteiger partial charge >= 0.3 is 0 Å². The van der Waals surface area contributed by atoms with E-state index in [2.05, 4.69) is 10.3 Å². The lowest BCUT2D eigenvalue weighted by Gasteiger charge is -2.14. The maximum atomic E-state index is 12.4. The summed E-state index contributed by atoms with van der Waals surface area (Å²) < 4.78 is 0. The molecule has 6 nitrogen and oxygen atoms in total. The summed E-state index contributed by atoms with van der Waals surface area (Å²) in [5.74, 6) is -0.970. The van der Waals surface area contributed by atoms with Gasteiger partial charge in [0.15, 0.2) is 0 Å². The van der Waals surface area contributed by atoms with Gasteiger partial charge in [0, 0.05) is 24.5 Å². The Balaban J connectivity index is 1.46. The summed E-state index contributed by atoms with van der Waals surface area (Å²) in [6, 6.07) is 14.3. The standard InChI is InChI=1S/C21H17N3O3/c1-13-6-7-17-16(12-13)18(8-10-22-17)23-19(25)9-11-24-20(26)14-4-2-3-5-15(14)21(24)27/h2-8,10,12H,9,11H2,1H3,(H,22,23,25). The fraction of sp³-hybridized carbons (Fsp3) is 0.143. The highest BCUT2D eigenvalue weighted by molar-refractivity contribution is 6.21. The Labute approximate surface area is 155 Å². The minimum atomic E-state index is -0.353. The van der Waals surface area contributed by atoms with Crippen molar-refractivity contribution in [3.63, 3.8) is 0 Å². The molecule has 1 aliphatic rings. The number of carbonyl (C=O) groups excluding carboxylic acids is 3. The highest BCUT2D eigenvalue weighted by atomic mass is 16.2. The molecule has 0 aliphatic carbocycles. The highest BCUT2D eigenvalue weighted by Gasteiger charge is 2.34. The monoisotopic (exact) mass is 359 g/mol. The van der Waals surface area contributed by atoms with Gasteiger partial charge in [-0.2, -0.15) is 0 Å². The molecule has 2 aromatic carbocycles. The molecule has 4 rings (SSSR count). The largest absolute Gasteiger partial charge is 0.325 e. The number of imide groups is 1. The topological polar surface area (TPSA) is 79.4 Å². The fourth-order valence-electron chi connectivity index (χ4n) is 3.24. The summed E-state index contributed by atoms with van der Waals surface area (Å²) in [7, 11) is 0. The minimum Gasteiger partial charge on any atom is -0.325 e. The third kappa shape index (κ3) is 3.06. The Kier molecular flexibility index (Phi) is 4.16. The number of benzene rings is 2. The van der Waals surface area contributed by atoms with E-state index in [0.29, 0.717) is 16.8 Å². The number of aromatic nitrogens is 1. The van der Waals surface area contributed by atoms with Crippen LogP contribution in [0, 0.1) is 6.92 Å². The zero-order valence-corrected chi connectivity index (χ0v) is 14.7. The van der Waals surface area contributed by atoms with Crippen molar-refractivity contribution in [2.24, 2.45) is 0 Å². The SMILES string of the molecule is Cc1ccc2nccc(NC(=O)CCN3C(=O)c4ccccc4C3=O)c2c1. The van der Waals surface area contributed by atoms with Gasteiger partial charge in [0.25, 0.3) is 11.8 Å². The number of carbonyl (C=O) groups is 3. The number of aryl methyl sites for hydroxylation is 1. The second-order valence-corrected chi connectivity index (χ2v) is 6.48. The first-order valence-corrected chi connectivity index (χ1v) is 8.65. The second-order valence-electron chi connectivity index (χ2n) is 6.48. The lowest BCUT2D eigenvalue weighted by Crippen LogP contribution is -2.32. The van der Waals surface area contributed by atoms with Crippen LogP contribution in [0.1, 0.15) is 32.7 Å². The van der Waals surface area contributed by atoms with E-state index in [1.165, 1.54) is 0 Å². The molecule has 0 radical (unpaired) electrons. The number of pyridine rings is 1. The lowest BCUT2D eigenvalue weighted by molar-refractivity contribution is -0.116. The van der Waals surface area contributed by atoms with Crippen LogP contribution < -0.4 is 5.32 Å². The summed E-state index contributed by atoms with van der Waals surface area (Å²) in [5.41, 5.74) is 3.30. The van der Waals surface area contributed by atoms with Gasteiger partial charge in [-0.1, -0.05) is 23.8 Å². The molecule has 0 spiro atoms. The van der Waals surface area contributed by atoms with Gasteiger partial charge < -0.3 is 5.32 Å². The molecular weight excluding hydrogens is 342 g/mol. The van der Waals surface area contributed by atoms with Crippen molar-refractivity contribution >= 4 is 34.3 Å². The van der Waals surface area contributed by atoms with Crippen molar-refractivity contribution in [1.29, 1.82) is 0 Å². The van der Waals surface area contributed by atoms with Crippen molar-refractivity contribution in [3.05, 3.63) is 71.4 Å². The highest BCUT2D eigenvalue weighted by Crippen LogP contribution is 2.24. The molecule has 1 aliphatic heterocycles. The average Bonchev–Trinajstić information content (AvgIpc) is 2.91. The summed E-state index contributed by atoms with van der Waals surface area (Å²) >= 11 is 0. The third-order valence-corrected chi connectivity index (χ3v) is 4.61. The smallest absolute Gasteiger partial charge is 0.261 e. The Morgan fingerprint density at radius 3 is 2.44 bits per heavy atom. The predicted molar refractivity (Wildman–Crippen MR) is 102 cm³/mol. The maximum absolute atomic E-state index is 12.4. The molecular formula is C21H17N3O3. The van der Waals surface area contributed by atoms with Crippen molar-refractivity contribution < 1.29 is 14.4 Å². The molecule has 0 bridgehead atoms. The number of fused-ring (bicyclic) bond motifs is 2. The molecule has 2 heterocycles. The van der Waals surface area contributed by atoms with E-state index in [1.807, 2.05) is 25.1 Å². The molecule has 1 aromatic heterocycles. The van der Waals surface area contributed by atoms with E-state index < -0.39 is 0 Å². The average molecular weight is 359 g/mol. The maximum Gasteiger partial charge on any atom is 0.261 e. The van der Waals surface area contributed by atoms with Crippen molar-refractivity contribution in [3.8, 4) is 0 Å².